The van der Waals surface area contributed by atoms with Gasteiger partial charge in [-0.15, -0.1) is 0 Å². The van der Waals surface area contributed by atoms with Gasteiger partial charge in [0.05, 0.1) is 11.1 Å². The van der Waals surface area contributed by atoms with Crippen LogP contribution in [0.4, 0.5) is 30.8 Å². The predicted octanol–water partition coefficient (Wildman–Crippen LogP) is 3.88. The lowest BCUT2D eigenvalue weighted by Gasteiger charge is -2.12. The van der Waals surface area contributed by atoms with E-state index < -0.39 is 29.9 Å². The number of carbonyl (C=O) groups is 1. The zero-order valence-corrected chi connectivity index (χ0v) is 15.2. The van der Waals surface area contributed by atoms with E-state index in [-0.39, 0.29) is 17.7 Å². The van der Waals surface area contributed by atoms with Gasteiger partial charge in [0.15, 0.2) is 12.4 Å². The zero-order chi connectivity index (χ0) is 21.0. The maximum absolute atomic E-state index is 13.1. The molecule has 0 aliphatic heterocycles. The minimum Gasteiger partial charge on any atom is -0.454 e. The number of carbonyl (C=O) groups excluding carboxylic acids is 1. The fourth-order valence-corrected chi connectivity index (χ4v) is 2.51. The van der Waals surface area contributed by atoms with Crippen molar-refractivity contribution in [3.05, 3.63) is 71.0 Å². The van der Waals surface area contributed by atoms with Crippen molar-refractivity contribution in [2.75, 3.05) is 11.1 Å². The standard InChI is InChI=1S/C19H16F3N5O2/c1-11-6-2-5-9-14(11)24-18-26-15(25-17(23)27-18)10-29-16(28)12-7-3-4-8-13(12)19(20,21)22/h2-9H,10H2,1H3,(H3,23,24,25,26,27). The third kappa shape index (κ3) is 4.98. The summed E-state index contributed by atoms with van der Waals surface area (Å²) in [6.45, 7) is 1.41. The van der Waals surface area contributed by atoms with Crippen molar-refractivity contribution in [2.24, 2.45) is 0 Å². The Morgan fingerprint density at radius 1 is 1.07 bits per heavy atom. The van der Waals surface area contributed by atoms with Gasteiger partial charge in [-0.25, -0.2) is 4.79 Å². The summed E-state index contributed by atoms with van der Waals surface area (Å²) in [4.78, 5) is 24.1. The third-order valence-corrected chi connectivity index (χ3v) is 3.88. The van der Waals surface area contributed by atoms with Crippen molar-refractivity contribution >= 4 is 23.6 Å². The minimum absolute atomic E-state index is 0.00794. The van der Waals surface area contributed by atoms with E-state index in [1.54, 1.807) is 0 Å². The summed E-state index contributed by atoms with van der Waals surface area (Å²) < 4.78 is 44.1. The highest BCUT2D eigenvalue weighted by molar-refractivity contribution is 5.91. The summed E-state index contributed by atoms with van der Waals surface area (Å²) in [5.41, 5.74) is 5.65. The summed E-state index contributed by atoms with van der Waals surface area (Å²) in [6.07, 6.45) is -4.68. The number of para-hydroxylation sites is 1. The van der Waals surface area contributed by atoms with Crippen molar-refractivity contribution in [1.29, 1.82) is 0 Å². The normalized spacial score (nSPS) is 11.2. The Kier molecular flexibility index (Phi) is 5.62. The molecule has 3 aromatic rings. The Hall–Kier alpha value is -3.69. The van der Waals surface area contributed by atoms with Crippen molar-refractivity contribution in [3.63, 3.8) is 0 Å². The molecule has 1 heterocycles. The predicted molar refractivity (Wildman–Crippen MR) is 99.3 cm³/mol. The van der Waals surface area contributed by atoms with Gasteiger partial charge in [-0.3, -0.25) is 0 Å². The Bertz CT molecular complexity index is 1040. The van der Waals surface area contributed by atoms with Crippen molar-refractivity contribution in [2.45, 2.75) is 19.7 Å². The number of nitrogens with zero attached hydrogens (tertiary/aromatic N) is 3. The molecule has 7 nitrogen and oxygen atoms in total. The number of halogens is 3. The second kappa shape index (κ2) is 8.13. The van der Waals surface area contributed by atoms with E-state index in [0.29, 0.717) is 0 Å². The lowest BCUT2D eigenvalue weighted by Crippen LogP contribution is -2.16. The van der Waals surface area contributed by atoms with Gasteiger partial charge >= 0.3 is 12.1 Å². The number of nitrogens with two attached hydrogens (primary N) is 1. The molecule has 0 saturated heterocycles. The number of aryl methyl sites for hydroxylation is 1. The number of anilines is 3. The van der Waals surface area contributed by atoms with Crippen LogP contribution in [0.15, 0.2) is 48.5 Å². The Balaban J connectivity index is 1.76. The number of nitrogen functional groups attached to an aromatic ring is 1. The first kappa shape index (κ1) is 20.1. The lowest BCUT2D eigenvalue weighted by atomic mass is 10.1. The topological polar surface area (TPSA) is 103 Å². The summed E-state index contributed by atoms with van der Waals surface area (Å²) >= 11 is 0. The van der Waals surface area contributed by atoms with E-state index in [4.69, 9.17) is 10.5 Å². The molecule has 0 atom stereocenters. The van der Waals surface area contributed by atoms with E-state index in [9.17, 15) is 18.0 Å². The number of hydrogen-bond acceptors (Lipinski definition) is 7. The van der Waals surface area contributed by atoms with Crippen molar-refractivity contribution in [1.82, 2.24) is 15.0 Å². The molecule has 0 spiro atoms. The summed E-state index contributed by atoms with van der Waals surface area (Å²) in [7, 11) is 0. The van der Waals surface area contributed by atoms with Gasteiger partial charge in [0.2, 0.25) is 11.9 Å². The first-order valence-electron chi connectivity index (χ1n) is 8.40. The van der Waals surface area contributed by atoms with Gasteiger partial charge in [-0.2, -0.15) is 28.1 Å². The van der Waals surface area contributed by atoms with Crippen LogP contribution in [0.2, 0.25) is 0 Å². The molecule has 0 saturated carbocycles. The second-order valence-electron chi connectivity index (χ2n) is 5.99. The fourth-order valence-electron chi connectivity index (χ4n) is 2.51. The molecule has 2 aromatic carbocycles. The number of ether oxygens (including phenoxy) is 1. The monoisotopic (exact) mass is 403 g/mol. The molecule has 0 fully saturated rings. The fraction of sp³-hybridized carbons (Fsp3) is 0.158. The Morgan fingerprint density at radius 3 is 2.48 bits per heavy atom. The molecular weight excluding hydrogens is 387 g/mol. The number of hydrogen-bond donors (Lipinski definition) is 2. The zero-order valence-electron chi connectivity index (χ0n) is 15.2. The molecule has 29 heavy (non-hydrogen) atoms. The summed E-state index contributed by atoms with van der Waals surface area (Å²) in [5.74, 6) is -1.16. The summed E-state index contributed by atoms with van der Waals surface area (Å²) in [5, 5.41) is 2.97. The van der Waals surface area contributed by atoms with Gasteiger partial charge < -0.3 is 15.8 Å². The molecule has 0 aliphatic carbocycles. The highest BCUT2D eigenvalue weighted by atomic mass is 19.4. The van der Waals surface area contributed by atoms with E-state index >= 15 is 0 Å². The molecule has 0 aliphatic rings. The van der Waals surface area contributed by atoms with Crippen LogP contribution < -0.4 is 11.1 Å². The van der Waals surface area contributed by atoms with Gasteiger partial charge in [-0.05, 0) is 30.7 Å². The molecule has 0 amide bonds. The average Bonchev–Trinajstić information content (AvgIpc) is 2.67. The molecule has 150 valence electrons. The maximum Gasteiger partial charge on any atom is 0.417 e. The minimum atomic E-state index is -4.68. The van der Waals surface area contributed by atoms with Gasteiger partial charge in [0.25, 0.3) is 0 Å². The number of alkyl halides is 3. The number of rotatable bonds is 5. The van der Waals surface area contributed by atoms with E-state index in [1.807, 2.05) is 31.2 Å². The van der Waals surface area contributed by atoms with Crippen LogP contribution in [0, 0.1) is 6.92 Å². The molecule has 1 aromatic heterocycles. The first-order chi connectivity index (χ1) is 13.7. The Morgan fingerprint density at radius 2 is 1.76 bits per heavy atom. The van der Waals surface area contributed by atoms with Gasteiger partial charge in [0, 0.05) is 5.69 Å². The quantitative estimate of drug-likeness (QED) is 0.623. The van der Waals surface area contributed by atoms with E-state index in [1.165, 1.54) is 12.1 Å². The number of esters is 1. The Labute approximate surface area is 163 Å². The van der Waals surface area contributed by atoms with E-state index in [0.717, 1.165) is 23.4 Å². The molecule has 3 N–H and O–H groups in total. The van der Waals surface area contributed by atoms with Crippen molar-refractivity contribution < 1.29 is 22.7 Å². The largest absolute Gasteiger partial charge is 0.454 e. The van der Waals surface area contributed by atoms with Crippen LogP contribution in [-0.2, 0) is 17.5 Å². The highest BCUT2D eigenvalue weighted by Crippen LogP contribution is 2.32. The van der Waals surface area contributed by atoms with Crippen LogP contribution in [-0.4, -0.2) is 20.9 Å². The summed E-state index contributed by atoms with van der Waals surface area (Å²) in [6, 6.07) is 11.7. The molecule has 3 rings (SSSR count). The number of nitrogens with one attached hydrogen (secondary N) is 1. The van der Waals surface area contributed by atoms with Crippen molar-refractivity contribution in [3.8, 4) is 0 Å². The van der Waals surface area contributed by atoms with Crippen LogP contribution in [0.3, 0.4) is 0 Å². The van der Waals surface area contributed by atoms with Crippen LogP contribution in [0.25, 0.3) is 0 Å². The van der Waals surface area contributed by atoms with Crippen LogP contribution in [0.1, 0.15) is 27.3 Å². The molecule has 0 unspecified atom stereocenters. The van der Waals surface area contributed by atoms with Gasteiger partial charge in [-0.1, -0.05) is 30.3 Å². The third-order valence-electron chi connectivity index (χ3n) is 3.88. The lowest BCUT2D eigenvalue weighted by molar-refractivity contribution is -0.138. The molecule has 0 radical (unpaired) electrons. The average molecular weight is 403 g/mol. The smallest absolute Gasteiger partial charge is 0.417 e. The first-order valence-corrected chi connectivity index (χ1v) is 8.40. The van der Waals surface area contributed by atoms with E-state index in [2.05, 4.69) is 20.3 Å². The van der Waals surface area contributed by atoms with Crippen LogP contribution in [0.5, 0.6) is 0 Å². The SMILES string of the molecule is Cc1ccccc1Nc1nc(N)nc(COC(=O)c2ccccc2C(F)(F)F)n1. The molecule has 0 bridgehead atoms. The number of benzene rings is 2. The molecule has 10 heteroatoms. The van der Waals surface area contributed by atoms with Gasteiger partial charge in [0.1, 0.15) is 0 Å². The second-order valence-corrected chi connectivity index (χ2v) is 5.99. The van der Waals surface area contributed by atoms with Crippen LogP contribution >= 0.6 is 0 Å². The molecular formula is C19H16F3N5O2. The maximum atomic E-state index is 13.1. The number of aromatic nitrogens is 3. The highest BCUT2D eigenvalue weighted by Gasteiger charge is 2.35.